The van der Waals surface area contributed by atoms with E-state index in [1.807, 2.05) is 30.3 Å². The number of carbonyl (C=O) groups excluding carboxylic acids is 1. The second-order valence-electron chi connectivity index (χ2n) is 6.76. The average molecular weight is 358 g/mol. The molecule has 2 aromatic carbocycles. The smallest absolute Gasteiger partial charge is 0.240 e. The first-order chi connectivity index (χ1) is 13.0. The van der Waals surface area contributed by atoms with Gasteiger partial charge in [-0.25, -0.2) is 4.39 Å². The number of fused-ring (bicyclic) bond motifs is 3. The number of benzene rings is 2. The summed E-state index contributed by atoms with van der Waals surface area (Å²) >= 11 is 0. The quantitative estimate of drug-likeness (QED) is 0.893. The number of hydrogen-bond donors (Lipinski definition) is 1. The van der Waals surface area contributed by atoms with Gasteiger partial charge in [0.1, 0.15) is 11.9 Å². The monoisotopic (exact) mass is 358 g/mol. The van der Waals surface area contributed by atoms with Gasteiger partial charge in [0.25, 0.3) is 0 Å². The average Bonchev–Trinajstić information content (AvgIpc) is 3.00. The summed E-state index contributed by atoms with van der Waals surface area (Å²) in [5.41, 5.74) is 6.36. The summed E-state index contributed by atoms with van der Waals surface area (Å²) in [7, 11) is 0. The van der Waals surface area contributed by atoms with Gasteiger partial charge in [0.05, 0.1) is 18.2 Å². The highest BCUT2D eigenvalue weighted by Crippen LogP contribution is 2.59. The molecule has 0 spiro atoms. The molecule has 27 heavy (non-hydrogen) atoms. The SMILES string of the molecule is N#CC1(C#N)[C@H](c2ccc(F)cc2)[C@H](C(N)=O)N2C=Cc3ccccc3[C@H]21. The van der Waals surface area contributed by atoms with Crippen molar-refractivity contribution in [2.75, 3.05) is 0 Å². The predicted molar refractivity (Wildman–Crippen MR) is 95.8 cm³/mol. The number of nitrogens with two attached hydrogens (primary N) is 1. The summed E-state index contributed by atoms with van der Waals surface area (Å²) in [6.07, 6.45) is 3.56. The molecule has 5 nitrogen and oxygen atoms in total. The lowest BCUT2D eigenvalue weighted by molar-refractivity contribution is -0.122. The van der Waals surface area contributed by atoms with Gasteiger partial charge in [0.2, 0.25) is 5.91 Å². The van der Waals surface area contributed by atoms with E-state index in [1.165, 1.54) is 24.3 Å². The van der Waals surface area contributed by atoms with Gasteiger partial charge in [0, 0.05) is 12.1 Å². The van der Waals surface area contributed by atoms with E-state index in [2.05, 4.69) is 12.1 Å². The Morgan fingerprint density at radius 3 is 2.41 bits per heavy atom. The predicted octanol–water partition coefficient (Wildman–Crippen LogP) is 2.84. The van der Waals surface area contributed by atoms with Gasteiger partial charge in [-0.15, -0.1) is 0 Å². The Labute approximate surface area is 155 Å². The third-order valence-corrected chi connectivity index (χ3v) is 5.46. The van der Waals surface area contributed by atoms with E-state index in [0.717, 1.165) is 11.1 Å². The summed E-state index contributed by atoms with van der Waals surface area (Å²) in [5, 5.41) is 20.2. The second-order valence-corrected chi connectivity index (χ2v) is 6.76. The lowest BCUT2D eigenvalue weighted by Crippen LogP contribution is -2.41. The molecule has 1 amide bonds. The third kappa shape index (κ3) is 2.24. The van der Waals surface area contributed by atoms with Crippen LogP contribution < -0.4 is 5.73 Å². The zero-order chi connectivity index (χ0) is 19.2. The molecule has 132 valence electrons. The van der Waals surface area contributed by atoms with Crippen LogP contribution in [-0.4, -0.2) is 16.8 Å². The molecular formula is C21H15FN4O. The first kappa shape index (κ1) is 16.8. The molecular weight excluding hydrogens is 343 g/mol. The summed E-state index contributed by atoms with van der Waals surface area (Å²) in [6, 6.07) is 15.8. The van der Waals surface area contributed by atoms with Gasteiger partial charge in [-0.2, -0.15) is 10.5 Å². The van der Waals surface area contributed by atoms with Crippen LogP contribution in [0.1, 0.15) is 28.7 Å². The molecule has 0 aliphatic carbocycles. The number of amides is 1. The Morgan fingerprint density at radius 2 is 1.78 bits per heavy atom. The largest absolute Gasteiger partial charge is 0.368 e. The lowest BCUT2D eigenvalue weighted by atomic mass is 9.68. The van der Waals surface area contributed by atoms with E-state index in [0.29, 0.717) is 5.56 Å². The van der Waals surface area contributed by atoms with Gasteiger partial charge in [-0.1, -0.05) is 36.4 Å². The van der Waals surface area contributed by atoms with Crippen molar-refractivity contribution in [3.63, 3.8) is 0 Å². The molecule has 2 heterocycles. The van der Waals surface area contributed by atoms with E-state index < -0.39 is 35.1 Å². The molecule has 1 fully saturated rings. The van der Waals surface area contributed by atoms with Crippen molar-refractivity contribution in [1.82, 2.24) is 4.90 Å². The first-order valence-electron chi connectivity index (χ1n) is 8.45. The topological polar surface area (TPSA) is 93.9 Å². The maximum absolute atomic E-state index is 13.4. The Balaban J connectivity index is 2.00. The minimum atomic E-state index is -1.56. The molecule has 0 aromatic heterocycles. The lowest BCUT2D eigenvalue weighted by Gasteiger charge is -2.34. The maximum atomic E-state index is 13.4. The zero-order valence-electron chi connectivity index (χ0n) is 14.2. The summed E-state index contributed by atoms with van der Waals surface area (Å²) in [5.74, 6) is -1.88. The van der Waals surface area contributed by atoms with Crippen LogP contribution in [0, 0.1) is 33.9 Å². The molecule has 3 atom stereocenters. The highest BCUT2D eigenvalue weighted by Gasteiger charge is 2.63. The number of hydrogen-bond acceptors (Lipinski definition) is 4. The molecule has 0 saturated carbocycles. The summed E-state index contributed by atoms with van der Waals surface area (Å²) < 4.78 is 13.4. The molecule has 2 aliphatic rings. The van der Waals surface area contributed by atoms with Crippen molar-refractivity contribution in [3.05, 3.63) is 77.2 Å². The van der Waals surface area contributed by atoms with E-state index >= 15 is 0 Å². The molecule has 2 aromatic rings. The van der Waals surface area contributed by atoms with Crippen LogP contribution in [0.25, 0.3) is 6.08 Å². The minimum absolute atomic E-state index is 0.435. The van der Waals surface area contributed by atoms with Crippen LogP contribution in [0.4, 0.5) is 4.39 Å². The molecule has 0 bridgehead atoms. The van der Waals surface area contributed by atoms with Gasteiger partial charge >= 0.3 is 0 Å². The molecule has 2 N–H and O–H groups in total. The molecule has 6 heteroatoms. The number of carbonyl (C=O) groups is 1. The van der Waals surface area contributed by atoms with Gasteiger partial charge in [-0.05, 0) is 34.9 Å². The summed E-state index contributed by atoms with van der Waals surface area (Å²) in [4.78, 5) is 14.1. The Hall–Kier alpha value is -3.64. The summed E-state index contributed by atoms with van der Waals surface area (Å²) in [6.45, 7) is 0. The van der Waals surface area contributed by atoms with Crippen molar-refractivity contribution in [2.45, 2.75) is 18.0 Å². The van der Waals surface area contributed by atoms with Crippen molar-refractivity contribution in [1.29, 1.82) is 10.5 Å². The van der Waals surface area contributed by atoms with Crippen LogP contribution in [0.3, 0.4) is 0 Å². The van der Waals surface area contributed by atoms with E-state index in [-0.39, 0.29) is 0 Å². The highest BCUT2D eigenvalue weighted by atomic mass is 19.1. The maximum Gasteiger partial charge on any atom is 0.240 e. The zero-order valence-corrected chi connectivity index (χ0v) is 14.2. The number of primary amides is 1. The fourth-order valence-electron chi connectivity index (χ4n) is 4.36. The third-order valence-electron chi connectivity index (χ3n) is 5.46. The fourth-order valence-corrected chi connectivity index (χ4v) is 4.36. The van der Waals surface area contributed by atoms with E-state index in [9.17, 15) is 19.7 Å². The van der Waals surface area contributed by atoms with Gasteiger partial charge < -0.3 is 10.6 Å². The van der Waals surface area contributed by atoms with Crippen molar-refractivity contribution in [2.24, 2.45) is 11.1 Å². The van der Waals surface area contributed by atoms with E-state index in [1.54, 1.807) is 11.1 Å². The van der Waals surface area contributed by atoms with Crippen LogP contribution in [0.5, 0.6) is 0 Å². The standard InChI is InChI=1S/C21H15FN4O/c22-15-7-5-14(6-8-15)17-18(20(25)27)26-10-9-13-3-1-2-4-16(13)19(26)21(17,11-23)12-24/h1-10,17-19H,(H2,25,27)/t17-,18-,19+/m1/s1. The van der Waals surface area contributed by atoms with Gasteiger partial charge in [0.15, 0.2) is 5.41 Å². The number of nitriles is 2. The first-order valence-corrected chi connectivity index (χ1v) is 8.45. The van der Waals surface area contributed by atoms with Crippen LogP contribution in [0.2, 0.25) is 0 Å². The Kier molecular flexibility index (Phi) is 3.71. The van der Waals surface area contributed by atoms with Crippen LogP contribution >= 0.6 is 0 Å². The normalized spacial score (nSPS) is 24.4. The number of halogens is 1. The Morgan fingerprint density at radius 1 is 1.11 bits per heavy atom. The second kappa shape index (κ2) is 5.96. The molecule has 1 saturated heterocycles. The molecule has 0 unspecified atom stereocenters. The number of nitrogens with zero attached hydrogens (tertiary/aromatic N) is 3. The molecule has 0 radical (unpaired) electrons. The van der Waals surface area contributed by atoms with Crippen molar-refractivity contribution >= 4 is 12.0 Å². The van der Waals surface area contributed by atoms with Crippen molar-refractivity contribution in [3.8, 4) is 12.1 Å². The Bertz CT molecular complexity index is 1020. The highest BCUT2D eigenvalue weighted by molar-refractivity contribution is 5.83. The molecule has 2 aliphatic heterocycles. The van der Waals surface area contributed by atoms with Gasteiger partial charge in [-0.3, -0.25) is 4.79 Å². The fraction of sp³-hybridized carbons (Fsp3) is 0.190. The number of rotatable bonds is 2. The van der Waals surface area contributed by atoms with Crippen molar-refractivity contribution < 1.29 is 9.18 Å². The molecule has 4 rings (SSSR count). The minimum Gasteiger partial charge on any atom is -0.368 e. The van der Waals surface area contributed by atoms with Crippen LogP contribution in [-0.2, 0) is 4.79 Å². The van der Waals surface area contributed by atoms with E-state index in [4.69, 9.17) is 5.73 Å². The van der Waals surface area contributed by atoms with Crippen LogP contribution in [0.15, 0.2) is 54.7 Å².